The summed E-state index contributed by atoms with van der Waals surface area (Å²) in [6, 6.07) is 29.5. The van der Waals surface area contributed by atoms with Gasteiger partial charge in [0, 0.05) is 0 Å². The van der Waals surface area contributed by atoms with Crippen molar-refractivity contribution >= 4 is 0 Å². The summed E-state index contributed by atoms with van der Waals surface area (Å²) in [4.78, 5) is 0. The largest absolute Gasteiger partial charge is 0.494 e. The molecule has 0 saturated heterocycles. The normalized spacial score (nSPS) is 10.8. The van der Waals surface area contributed by atoms with Crippen LogP contribution in [0.3, 0.4) is 0 Å². The van der Waals surface area contributed by atoms with Crippen LogP contribution in [0.25, 0.3) is 0 Å². The molecule has 0 spiro atoms. The highest BCUT2D eigenvalue weighted by Crippen LogP contribution is 2.14. The lowest BCUT2D eigenvalue weighted by atomic mass is 10.0. The van der Waals surface area contributed by atoms with E-state index < -0.39 is 0 Å². The third kappa shape index (κ3) is 10.0. The molecule has 0 amide bonds. The first-order chi connectivity index (χ1) is 15.9. The van der Waals surface area contributed by atoms with E-state index in [1.807, 2.05) is 60.7 Å². The predicted molar refractivity (Wildman–Crippen MR) is 135 cm³/mol. The molecule has 0 fully saturated rings. The number of hydrogen-bond acceptors (Lipinski definition) is 2. The number of hydrogen-bond donors (Lipinski definition) is 0. The van der Waals surface area contributed by atoms with Crippen LogP contribution in [0, 0.1) is 0 Å². The Morgan fingerprint density at radius 3 is 1.16 bits per heavy atom. The van der Waals surface area contributed by atoms with Crippen LogP contribution in [0.5, 0.6) is 11.5 Å². The smallest absolute Gasteiger partial charge is 0.119 e. The van der Waals surface area contributed by atoms with Gasteiger partial charge in [0.05, 0.1) is 13.2 Å². The lowest BCUT2D eigenvalue weighted by Crippen LogP contribution is -1.97. The van der Waals surface area contributed by atoms with Gasteiger partial charge in [-0.25, -0.2) is 0 Å². The Morgan fingerprint density at radius 1 is 0.375 bits per heavy atom. The summed E-state index contributed by atoms with van der Waals surface area (Å²) >= 11 is 0. The first kappa shape index (κ1) is 23.9. The predicted octanol–water partition coefficient (Wildman–Crippen LogP) is 8.05. The Bertz CT molecular complexity index is 755. The zero-order valence-electron chi connectivity index (χ0n) is 19.4. The molecule has 3 rings (SSSR count). The molecule has 0 heterocycles. The van der Waals surface area contributed by atoms with Crippen LogP contribution >= 0.6 is 0 Å². The van der Waals surface area contributed by atoms with Crippen molar-refractivity contribution in [3.63, 3.8) is 0 Å². The third-order valence-electron chi connectivity index (χ3n) is 5.77. The van der Waals surface area contributed by atoms with Crippen molar-refractivity contribution in [2.45, 2.75) is 64.2 Å². The second-order valence-electron chi connectivity index (χ2n) is 8.47. The number of para-hydroxylation sites is 2. The minimum atomic E-state index is 0.818. The van der Waals surface area contributed by atoms with Crippen molar-refractivity contribution in [2.24, 2.45) is 0 Å². The van der Waals surface area contributed by atoms with Gasteiger partial charge in [0.15, 0.2) is 0 Å². The van der Waals surface area contributed by atoms with Crippen molar-refractivity contribution in [1.29, 1.82) is 0 Å². The Morgan fingerprint density at radius 2 is 0.750 bits per heavy atom. The van der Waals surface area contributed by atoms with Crippen molar-refractivity contribution in [3.05, 3.63) is 96.1 Å². The quantitative estimate of drug-likeness (QED) is 0.214. The number of rotatable bonds is 16. The summed E-state index contributed by atoms with van der Waals surface area (Å²) in [7, 11) is 0. The van der Waals surface area contributed by atoms with E-state index in [-0.39, 0.29) is 0 Å². The zero-order chi connectivity index (χ0) is 22.1. The molecular formula is C30H38O2. The van der Waals surface area contributed by atoms with Gasteiger partial charge < -0.3 is 9.47 Å². The minimum absolute atomic E-state index is 0.818. The first-order valence-electron chi connectivity index (χ1n) is 12.3. The van der Waals surface area contributed by atoms with E-state index in [1.54, 1.807) is 0 Å². The molecule has 3 aromatic carbocycles. The second kappa shape index (κ2) is 15.1. The van der Waals surface area contributed by atoms with Crippen LogP contribution in [-0.2, 0) is 12.8 Å². The van der Waals surface area contributed by atoms with E-state index in [1.165, 1.54) is 62.5 Å². The lowest BCUT2D eigenvalue weighted by molar-refractivity contribution is 0.304. The summed E-state index contributed by atoms with van der Waals surface area (Å²) in [6.45, 7) is 1.64. The molecule has 0 aliphatic heterocycles. The summed E-state index contributed by atoms with van der Waals surface area (Å²) in [5, 5.41) is 0. The SMILES string of the molecule is c1ccc(OCCCCCCc2ccc(CCCCCCOc3ccccc3)cc2)cc1. The fraction of sp³-hybridized carbons (Fsp3) is 0.400. The summed E-state index contributed by atoms with van der Waals surface area (Å²) in [6.07, 6.45) is 12.2. The average Bonchev–Trinajstić information content (AvgIpc) is 2.85. The number of ether oxygens (including phenoxy) is 2. The van der Waals surface area contributed by atoms with Crippen molar-refractivity contribution in [1.82, 2.24) is 0 Å². The topological polar surface area (TPSA) is 18.5 Å². The van der Waals surface area contributed by atoms with Crippen molar-refractivity contribution in [2.75, 3.05) is 13.2 Å². The van der Waals surface area contributed by atoms with Gasteiger partial charge >= 0.3 is 0 Å². The molecule has 3 aromatic rings. The van der Waals surface area contributed by atoms with Crippen LogP contribution in [-0.4, -0.2) is 13.2 Å². The molecule has 32 heavy (non-hydrogen) atoms. The van der Waals surface area contributed by atoms with Gasteiger partial charge in [0.1, 0.15) is 11.5 Å². The van der Waals surface area contributed by atoms with Gasteiger partial charge in [-0.1, -0.05) is 86.3 Å². The van der Waals surface area contributed by atoms with Gasteiger partial charge in [-0.05, 0) is 73.9 Å². The van der Waals surface area contributed by atoms with E-state index >= 15 is 0 Å². The third-order valence-corrected chi connectivity index (χ3v) is 5.77. The molecule has 0 bridgehead atoms. The van der Waals surface area contributed by atoms with Crippen LogP contribution in [0.2, 0.25) is 0 Å². The summed E-state index contributed by atoms with van der Waals surface area (Å²) in [5.41, 5.74) is 2.93. The highest BCUT2D eigenvalue weighted by Gasteiger charge is 1.99. The molecule has 0 aromatic heterocycles. The maximum atomic E-state index is 5.76. The van der Waals surface area contributed by atoms with Gasteiger partial charge in [0.2, 0.25) is 0 Å². The lowest BCUT2D eigenvalue weighted by Gasteiger charge is -2.07. The van der Waals surface area contributed by atoms with E-state index in [9.17, 15) is 0 Å². The zero-order valence-corrected chi connectivity index (χ0v) is 19.4. The van der Waals surface area contributed by atoms with Crippen LogP contribution < -0.4 is 9.47 Å². The van der Waals surface area contributed by atoms with E-state index in [2.05, 4.69) is 24.3 Å². The fourth-order valence-electron chi connectivity index (χ4n) is 3.86. The highest BCUT2D eigenvalue weighted by atomic mass is 16.5. The van der Waals surface area contributed by atoms with E-state index in [0.717, 1.165) is 37.6 Å². The molecule has 0 radical (unpaired) electrons. The van der Waals surface area contributed by atoms with Crippen LogP contribution in [0.4, 0.5) is 0 Å². The minimum Gasteiger partial charge on any atom is -0.494 e. The van der Waals surface area contributed by atoms with E-state index in [4.69, 9.17) is 9.47 Å². The maximum Gasteiger partial charge on any atom is 0.119 e. The van der Waals surface area contributed by atoms with E-state index in [0.29, 0.717) is 0 Å². The number of unbranched alkanes of at least 4 members (excludes halogenated alkanes) is 6. The fourth-order valence-corrected chi connectivity index (χ4v) is 3.86. The first-order valence-corrected chi connectivity index (χ1v) is 12.3. The molecule has 0 N–H and O–H groups in total. The van der Waals surface area contributed by atoms with Crippen LogP contribution in [0.1, 0.15) is 62.5 Å². The van der Waals surface area contributed by atoms with Gasteiger partial charge in [0.25, 0.3) is 0 Å². The highest BCUT2D eigenvalue weighted by molar-refractivity contribution is 5.23. The molecule has 0 unspecified atom stereocenters. The van der Waals surface area contributed by atoms with Crippen molar-refractivity contribution < 1.29 is 9.47 Å². The number of aryl methyl sites for hydroxylation is 2. The molecule has 0 aliphatic carbocycles. The van der Waals surface area contributed by atoms with Gasteiger partial charge in [-0.3, -0.25) is 0 Å². The summed E-state index contributed by atoms with van der Waals surface area (Å²) in [5.74, 6) is 1.95. The molecule has 0 saturated carbocycles. The van der Waals surface area contributed by atoms with Crippen LogP contribution in [0.15, 0.2) is 84.9 Å². The van der Waals surface area contributed by atoms with Gasteiger partial charge in [-0.2, -0.15) is 0 Å². The Balaban J connectivity index is 1.16. The Hall–Kier alpha value is -2.74. The number of benzene rings is 3. The molecular weight excluding hydrogens is 392 g/mol. The standard InChI is InChI=1S/C30H38O2/c1(3-13-25-31-29-17-9-5-10-18-29)7-15-27-21-23-28(24-22-27)16-8-2-4-14-26-32-30-19-11-6-12-20-30/h5-6,9-12,17-24H,1-4,7-8,13-16,25-26H2. The molecule has 2 nitrogen and oxygen atoms in total. The summed E-state index contributed by atoms with van der Waals surface area (Å²) < 4.78 is 11.5. The monoisotopic (exact) mass is 430 g/mol. The maximum absolute atomic E-state index is 5.76. The molecule has 0 aliphatic rings. The Kier molecular flexibility index (Phi) is 11.3. The molecule has 0 atom stereocenters. The van der Waals surface area contributed by atoms with Crippen molar-refractivity contribution in [3.8, 4) is 11.5 Å². The molecule has 170 valence electrons. The Labute approximate surface area is 194 Å². The van der Waals surface area contributed by atoms with Gasteiger partial charge in [-0.15, -0.1) is 0 Å². The second-order valence-corrected chi connectivity index (χ2v) is 8.47. The average molecular weight is 431 g/mol. The molecule has 2 heteroatoms.